The van der Waals surface area contributed by atoms with Crippen LogP contribution in [0.2, 0.25) is 0 Å². The maximum absolute atomic E-state index is 12.9. The van der Waals surface area contributed by atoms with E-state index in [1.807, 2.05) is 53.7 Å². The van der Waals surface area contributed by atoms with Gasteiger partial charge in [-0.05, 0) is 24.8 Å². The summed E-state index contributed by atoms with van der Waals surface area (Å²) in [6, 6.07) is 10.2. The third-order valence-electron chi connectivity index (χ3n) is 4.42. The van der Waals surface area contributed by atoms with Crippen molar-refractivity contribution in [1.82, 2.24) is 9.88 Å². The molecule has 1 saturated heterocycles. The molecule has 2 unspecified atom stereocenters. The first-order valence-electron chi connectivity index (χ1n) is 8.57. The Balaban J connectivity index is 1.55. The minimum Gasteiger partial charge on any atom is -0.376 e. The predicted octanol–water partition coefficient (Wildman–Crippen LogP) is 4.05. The number of ether oxygens (including phenoxy) is 1. The Hall–Kier alpha value is -1.72. The van der Waals surface area contributed by atoms with Gasteiger partial charge in [-0.15, -0.1) is 11.3 Å². The zero-order chi connectivity index (χ0) is 16.8. The largest absolute Gasteiger partial charge is 0.376 e. The first-order chi connectivity index (χ1) is 11.8. The molecule has 2 atom stereocenters. The van der Waals surface area contributed by atoms with Gasteiger partial charge in [0, 0.05) is 18.1 Å². The van der Waals surface area contributed by atoms with E-state index in [9.17, 15) is 4.79 Å². The molecular formula is C19H24N2O2S. The van der Waals surface area contributed by atoms with Crippen LogP contribution in [-0.4, -0.2) is 28.9 Å². The summed E-state index contributed by atoms with van der Waals surface area (Å²) in [5.74, 6) is 0.0530. The van der Waals surface area contributed by atoms with Crippen LogP contribution in [0.15, 0.2) is 41.9 Å². The van der Waals surface area contributed by atoms with E-state index < -0.39 is 0 Å². The molecule has 0 bridgehead atoms. The van der Waals surface area contributed by atoms with Crippen LogP contribution in [-0.2, 0) is 16.1 Å². The van der Waals surface area contributed by atoms with Gasteiger partial charge in [0.2, 0.25) is 5.91 Å². The van der Waals surface area contributed by atoms with Crippen molar-refractivity contribution in [2.24, 2.45) is 5.92 Å². The quantitative estimate of drug-likeness (QED) is 0.794. The fourth-order valence-electron chi connectivity index (χ4n) is 3.13. The molecule has 1 aromatic carbocycles. The minimum absolute atomic E-state index is 0.130. The Kier molecular flexibility index (Phi) is 5.99. The van der Waals surface area contributed by atoms with Crippen molar-refractivity contribution in [2.75, 3.05) is 13.2 Å². The summed E-state index contributed by atoms with van der Waals surface area (Å²) in [6.45, 7) is 3.79. The summed E-state index contributed by atoms with van der Waals surface area (Å²) in [4.78, 5) is 19.3. The number of thiazole rings is 1. The molecule has 1 aromatic heterocycles. The van der Waals surface area contributed by atoms with E-state index in [-0.39, 0.29) is 17.9 Å². The molecule has 5 heteroatoms. The van der Waals surface area contributed by atoms with Crippen LogP contribution in [0.5, 0.6) is 0 Å². The molecule has 1 aliphatic rings. The van der Waals surface area contributed by atoms with Crippen LogP contribution in [0.4, 0.5) is 0 Å². The predicted molar refractivity (Wildman–Crippen MR) is 95.7 cm³/mol. The maximum atomic E-state index is 12.9. The summed E-state index contributed by atoms with van der Waals surface area (Å²) in [5.41, 5.74) is 1.13. The Morgan fingerprint density at radius 2 is 2.21 bits per heavy atom. The molecule has 0 radical (unpaired) electrons. The number of rotatable bonds is 6. The van der Waals surface area contributed by atoms with Crippen LogP contribution in [0.3, 0.4) is 0 Å². The normalized spacial score (nSPS) is 19.2. The van der Waals surface area contributed by atoms with Crippen molar-refractivity contribution >= 4 is 17.2 Å². The van der Waals surface area contributed by atoms with E-state index >= 15 is 0 Å². The van der Waals surface area contributed by atoms with Gasteiger partial charge in [0.25, 0.3) is 0 Å². The van der Waals surface area contributed by atoms with Gasteiger partial charge in [0.15, 0.2) is 0 Å². The lowest BCUT2D eigenvalue weighted by atomic mass is 10.00. The molecule has 1 fully saturated rings. The Labute approximate surface area is 147 Å². The van der Waals surface area contributed by atoms with Crippen molar-refractivity contribution in [3.63, 3.8) is 0 Å². The van der Waals surface area contributed by atoms with Gasteiger partial charge in [0.1, 0.15) is 5.01 Å². The second kappa shape index (κ2) is 8.40. The number of hydrogen-bond acceptors (Lipinski definition) is 4. The van der Waals surface area contributed by atoms with E-state index in [1.165, 1.54) is 0 Å². The van der Waals surface area contributed by atoms with Crippen LogP contribution < -0.4 is 0 Å². The molecule has 0 spiro atoms. The van der Waals surface area contributed by atoms with E-state index in [2.05, 4.69) is 4.98 Å². The topological polar surface area (TPSA) is 42.4 Å². The zero-order valence-corrected chi connectivity index (χ0v) is 14.9. The van der Waals surface area contributed by atoms with Crippen molar-refractivity contribution < 1.29 is 9.53 Å². The van der Waals surface area contributed by atoms with Gasteiger partial charge in [-0.2, -0.15) is 0 Å². The zero-order valence-electron chi connectivity index (χ0n) is 14.1. The van der Waals surface area contributed by atoms with Crippen LogP contribution in [0.25, 0.3) is 0 Å². The molecule has 0 N–H and O–H groups in total. The third-order valence-corrected chi connectivity index (χ3v) is 5.30. The number of benzene rings is 1. The highest BCUT2D eigenvalue weighted by atomic mass is 32.1. The van der Waals surface area contributed by atoms with Gasteiger partial charge in [-0.25, -0.2) is 4.98 Å². The molecule has 2 heterocycles. The van der Waals surface area contributed by atoms with Gasteiger partial charge < -0.3 is 9.64 Å². The SMILES string of the molecule is CC(COCc1ccccc1)C(=O)N1CCCCC1c1nccs1. The van der Waals surface area contributed by atoms with Gasteiger partial charge in [0.05, 0.1) is 25.2 Å². The van der Waals surface area contributed by atoms with E-state index in [0.717, 1.165) is 36.4 Å². The maximum Gasteiger partial charge on any atom is 0.228 e. The van der Waals surface area contributed by atoms with Gasteiger partial charge in [-0.1, -0.05) is 37.3 Å². The van der Waals surface area contributed by atoms with Gasteiger partial charge >= 0.3 is 0 Å². The molecule has 0 aliphatic carbocycles. The second-order valence-corrected chi connectivity index (χ2v) is 7.24. The fraction of sp³-hybridized carbons (Fsp3) is 0.474. The number of likely N-dealkylation sites (tertiary alicyclic amines) is 1. The molecule has 2 aromatic rings. The van der Waals surface area contributed by atoms with E-state index in [1.54, 1.807) is 11.3 Å². The van der Waals surface area contributed by atoms with Crippen LogP contribution in [0.1, 0.15) is 42.8 Å². The number of nitrogens with zero attached hydrogens (tertiary/aromatic N) is 2. The highest BCUT2D eigenvalue weighted by Gasteiger charge is 2.31. The van der Waals surface area contributed by atoms with Crippen LogP contribution in [0, 0.1) is 5.92 Å². The standard InChI is InChI=1S/C19H24N2O2S/c1-15(13-23-14-16-7-3-2-4-8-16)19(22)21-11-6-5-9-17(21)18-20-10-12-24-18/h2-4,7-8,10,12,15,17H,5-6,9,11,13-14H2,1H3. The van der Waals surface area contributed by atoms with Crippen molar-refractivity contribution in [3.8, 4) is 0 Å². The molecular weight excluding hydrogens is 320 g/mol. The average Bonchev–Trinajstić information content (AvgIpc) is 3.16. The molecule has 4 nitrogen and oxygen atoms in total. The summed E-state index contributed by atoms with van der Waals surface area (Å²) < 4.78 is 5.76. The Morgan fingerprint density at radius 3 is 2.96 bits per heavy atom. The number of carbonyl (C=O) groups is 1. The summed E-state index contributed by atoms with van der Waals surface area (Å²) >= 11 is 1.64. The fourth-order valence-corrected chi connectivity index (χ4v) is 3.92. The highest BCUT2D eigenvalue weighted by Crippen LogP contribution is 2.33. The molecule has 0 saturated carbocycles. The summed E-state index contributed by atoms with van der Waals surface area (Å²) in [5, 5.41) is 3.04. The van der Waals surface area contributed by atoms with E-state index in [4.69, 9.17) is 4.74 Å². The number of piperidine rings is 1. The molecule has 128 valence electrons. The average molecular weight is 344 g/mol. The Morgan fingerprint density at radius 1 is 1.38 bits per heavy atom. The summed E-state index contributed by atoms with van der Waals surface area (Å²) in [6.07, 6.45) is 5.07. The molecule has 1 aliphatic heterocycles. The lowest BCUT2D eigenvalue weighted by Gasteiger charge is -2.36. The van der Waals surface area contributed by atoms with Crippen LogP contribution >= 0.6 is 11.3 Å². The summed E-state index contributed by atoms with van der Waals surface area (Å²) in [7, 11) is 0. The van der Waals surface area contributed by atoms with Gasteiger partial charge in [-0.3, -0.25) is 4.79 Å². The lowest BCUT2D eigenvalue weighted by molar-refractivity contribution is -0.141. The minimum atomic E-state index is -0.130. The highest BCUT2D eigenvalue weighted by molar-refractivity contribution is 7.09. The smallest absolute Gasteiger partial charge is 0.228 e. The first-order valence-corrected chi connectivity index (χ1v) is 9.45. The number of amides is 1. The number of aromatic nitrogens is 1. The lowest BCUT2D eigenvalue weighted by Crippen LogP contribution is -2.42. The number of hydrogen-bond donors (Lipinski definition) is 0. The molecule has 3 rings (SSSR count). The first kappa shape index (κ1) is 17.1. The molecule has 1 amide bonds. The second-order valence-electron chi connectivity index (χ2n) is 6.32. The Bertz CT molecular complexity index is 630. The van der Waals surface area contributed by atoms with Crippen molar-refractivity contribution in [2.45, 2.75) is 38.8 Å². The molecule has 24 heavy (non-hydrogen) atoms. The van der Waals surface area contributed by atoms with Crippen molar-refractivity contribution in [3.05, 3.63) is 52.5 Å². The number of carbonyl (C=O) groups excluding carboxylic acids is 1. The van der Waals surface area contributed by atoms with E-state index in [0.29, 0.717) is 13.2 Å². The van der Waals surface area contributed by atoms with Crippen molar-refractivity contribution in [1.29, 1.82) is 0 Å². The third kappa shape index (κ3) is 4.22. The monoisotopic (exact) mass is 344 g/mol.